The number of thiol groups is 1. The molecule has 0 bridgehead atoms. The highest BCUT2D eigenvalue weighted by Gasteiger charge is 2.39. The average Bonchev–Trinajstić information content (AvgIpc) is 3.03. The second kappa shape index (κ2) is 6.19. The fraction of sp³-hybridized carbons (Fsp3) is 0.562. The van der Waals surface area contributed by atoms with Crippen molar-refractivity contribution in [1.29, 1.82) is 0 Å². The zero-order valence-electron chi connectivity index (χ0n) is 11.6. The molecular weight excluding hydrogens is 270 g/mol. The molecule has 0 N–H and O–H groups in total. The predicted octanol–water partition coefficient (Wildman–Crippen LogP) is 2.66. The van der Waals surface area contributed by atoms with Crippen LogP contribution in [0.3, 0.4) is 0 Å². The maximum atomic E-state index is 12.0. The molecule has 1 aliphatic carbocycles. The van der Waals surface area contributed by atoms with Gasteiger partial charge in [-0.25, -0.2) is 0 Å². The van der Waals surface area contributed by atoms with Gasteiger partial charge in [0.1, 0.15) is 0 Å². The quantitative estimate of drug-likeness (QED) is 0.864. The Morgan fingerprint density at radius 1 is 1.25 bits per heavy atom. The highest BCUT2D eigenvalue weighted by atomic mass is 32.1. The first-order valence-electron chi connectivity index (χ1n) is 7.37. The largest absolute Gasteiger partial charge is 0.371 e. The Morgan fingerprint density at radius 2 is 2.05 bits per heavy atom. The van der Waals surface area contributed by atoms with Gasteiger partial charge >= 0.3 is 0 Å². The van der Waals surface area contributed by atoms with Crippen LogP contribution in [-0.4, -0.2) is 34.7 Å². The molecule has 1 amide bonds. The van der Waals surface area contributed by atoms with Crippen LogP contribution in [0.15, 0.2) is 30.3 Å². The van der Waals surface area contributed by atoms with Crippen molar-refractivity contribution in [2.75, 3.05) is 6.54 Å². The first kappa shape index (κ1) is 14.0. The lowest BCUT2D eigenvalue weighted by molar-refractivity contribution is -0.132. The molecule has 20 heavy (non-hydrogen) atoms. The van der Waals surface area contributed by atoms with Gasteiger partial charge in [0.25, 0.3) is 0 Å². The minimum absolute atomic E-state index is 0.179. The highest BCUT2D eigenvalue weighted by Crippen LogP contribution is 2.31. The molecule has 0 radical (unpaired) electrons. The summed E-state index contributed by atoms with van der Waals surface area (Å²) >= 11 is 4.44. The van der Waals surface area contributed by atoms with E-state index < -0.39 is 0 Å². The molecule has 2 fully saturated rings. The highest BCUT2D eigenvalue weighted by molar-refractivity contribution is 7.81. The van der Waals surface area contributed by atoms with Crippen LogP contribution in [0.4, 0.5) is 0 Å². The van der Waals surface area contributed by atoms with E-state index >= 15 is 0 Å². The van der Waals surface area contributed by atoms with E-state index in [9.17, 15) is 4.79 Å². The van der Waals surface area contributed by atoms with E-state index in [1.807, 2.05) is 23.1 Å². The van der Waals surface area contributed by atoms with E-state index in [2.05, 4.69) is 24.8 Å². The van der Waals surface area contributed by atoms with Gasteiger partial charge in [-0.15, -0.1) is 0 Å². The summed E-state index contributed by atoms with van der Waals surface area (Å²) in [5.41, 5.74) is 1.19. The molecule has 0 spiro atoms. The average molecular weight is 291 g/mol. The van der Waals surface area contributed by atoms with Crippen molar-refractivity contribution in [3.05, 3.63) is 35.9 Å². The Labute approximate surface area is 125 Å². The molecule has 4 heteroatoms. The summed E-state index contributed by atoms with van der Waals surface area (Å²) in [6, 6.07) is 10.5. The standard InChI is InChI=1S/C16H21NO2S/c18-16-9-13(20)10-17(16)14-7-4-8-15(14)19-11-12-5-2-1-3-6-12/h1-3,5-6,13-15,20H,4,7-11H2. The maximum absolute atomic E-state index is 12.0. The summed E-state index contributed by atoms with van der Waals surface area (Å²) in [6.45, 7) is 1.41. The molecule has 3 atom stereocenters. The van der Waals surface area contributed by atoms with Crippen molar-refractivity contribution in [1.82, 2.24) is 4.90 Å². The molecular formula is C16H21NO2S. The topological polar surface area (TPSA) is 29.5 Å². The fourth-order valence-electron chi connectivity index (χ4n) is 3.27. The Balaban J connectivity index is 1.60. The van der Waals surface area contributed by atoms with Crippen LogP contribution >= 0.6 is 12.6 Å². The number of ether oxygens (including phenoxy) is 1. The fourth-order valence-corrected chi connectivity index (χ4v) is 3.60. The van der Waals surface area contributed by atoms with Gasteiger partial charge in [-0.2, -0.15) is 12.6 Å². The van der Waals surface area contributed by atoms with E-state index in [1.165, 1.54) is 5.56 Å². The summed E-state index contributed by atoms with van der Waals surface area (Å²) in [4.78, 5) is 14.0. The van der Waals surface area contributed by atoms with Crippen LogP contribution in [0.1, 0.15) is 31.2 Å². The van der Waals surface area contributed by atoms with E-state index in [1.54, 1.807) is 0 Å². The van der Waals surface area contributed by atoms with Crippen molar-refractivity contribution < 1.29 is 9.53 Å². The Morgan fingerprint density at radius 3 is 2.75 bits per heavy atom. The summed E-state index contributed by atoms with van der Waals surface area (Å²) in [6.07, 6.45) is 4.01. The number of nitrogens with zero attached hydrogens (tertiary/aromatic N) is 1. The molecule has 3 unspecified atom stereocenters. The van der Waals surface area contributed by atoms with Crippen molar-refractivity contribution >= 4 is 18.5 Å². The molecule has 0 aromatic heterocycles. The van der Waals surface area contributed by atoms with Crippen LogP contribution in [0.5, 0.6) is 0 Å². The number of benzene rings is 1. The number of likely N-dealkylation sites (tertiary alicyclic amines) is 1. The minimum atomic E-state index is 0.179. The van der Waals surface area contributed by atoms with E-state index in [4.69, 9.17) is 4.74 Å². The summed E-state index contributed by atoms with van der Waals surface area (Å²) in [7, 11) is 0. The van der Waals surface area contributed by atoms with Gasteiger partial charge in [-0.3, -0.25) is 4.79 Å². The lowest BCUT2D eigenvalue weighted by Crippen LogP contribution is -2.42. The number of carbonyl (C=O) groups excluding carboxylic acids is 1. The second-order valence-electron chi connectivity index (χ2n) is 5.74. The van der Waals surface area contributed by atoms with Crippen molar-refractivity contribution in [2.24, 2.45) is 0 Å². The van der Waals surface area contributed by atoms with Crippen molar-refractivity contribution in [3.8, 4) is 0 Å². The van der Waals surface area contributed by atoms with Crippen LogP contribution in [-0.2, 0) is 16.1 Å². The van der Waals surface area contributed by atoms with Crippen LogP contribution < -0.4 is 0 Å². The molecule has 2 aliphatic rings. The third-order valence-electron chi connectivity index (χ3n) is 4.26. The number of hydrogen-bond acceptors (Lipinski definition) is 3. The molecule has 3 nitrogen and oxygen atoms in total. The lowest BCUT2D eigenvalue weighted by Gasteiger charge is -2.29. The zero-order chi connectivity index (χ0) is 13.9. The van der Waals surface area contributed by atoms with Gasteiger partial charge in [0, 0.05) is 18.2 Å². The monoisotopic (exact) mass is 291 g/mol. The van der Waals surface area contributed by atoms with Crippen molar-refractivity contribution in [3.63, 3.8) is 0 Å². The van der Waals surface area contributed by atoms with Crippen LogP contribution in [0.25, 0.3) is 0 Å². The normalized spacial score (nSPS) is 30.1. The van der Waals surface area contributed by atoms with Crippen LogP contribution in [0.2, 0.25) is 0 Å². The zero-order valence-corrected chi connectivity index (χ0v) is 12.5. The van der Waals surface area contributed by atoms with Gasteiger partial charge in [0.05, 0.1) is 18.8 Å². The molecule has 1 saturated heterocycles. The first-order valence-corrected chi connectivity index (χ1v) is 7.89. The molecule has 1 aliphatic heterocycles. The number of hydrogen-bond donors (Lipinski definition) is 1. The molecule has 1 heterocycles. The Bertz CT molecular complexity index is 465. The third-order valence-corrected chi connectivity index (χ3v) is 4.61. The molecule has 1 saturated carbocycles. The van der Waals surface area contributed by atoms with Crippen molar-refractivity contribution in [2.45, 2.75) is 49.7 Å². The van der Waals surface area contributed by atoms with Gasteiger partial charge in [0.2, 0.25) is 5.91 Å². The molecule has 1 aromatic rings. The minimum Gasteiger partial charge on any atom is -0.371 e. The van der Waals surface area contributed by atoms with E-state index in [0.29, 0.717) is 13.0 Å². The van der Waals surface area contributed by atoms with Crippen LogP contribution in [0, 0.1) is 0 Å². The van der Waals surface area contributed by atoms with Gasteiger partial charge in [-0.05, 0) is 24.8 Å². The first-order chi connectivity index (χ1) is 9.74. The van der Waals surface area contributed by atoms with Gasteiger partial charge < -0.3 is 9.64 Å². The summed E-state index contributed by atoms with van der Waals surface area (Å²) < 4.78 is 6.08. The Hall–Kier alpha value is -1.00. The van der Waals surface area contributed by atoms with E-state index in [0.717, 1.165) is 25.8 Å². The summed E-state index contributed by atoms with van der Waals surface area (Å²) in [5.74, 6) is 0.241. The second-order valence-corrected chi connectivity index (χ2v) is 6.47. The maximum Gasteiger partial charge on any atom is 0.224 e. The number of amides is 1. The smallest absolute Gasteiger partial charge is 0.224 e. The summed E-state index contributed by atoms with van der Waals surface area (Å²) in [5, 5.41) is 0.192. The van der Waals surface area contributed by atoms with Gasteiger partial charge in [0.15, 0.2) is 0 Å². The number of rotatable bonds is 4. The predicted molar refractivity (Wildman–Crippen MR) is 81.8 cm³/mol. The molecule has 108 valence electrons. The van der Waals surface area contributed by atoms with Gasteiger partial charge in [-0.1, -0.05) is 30.3 Å². The molecule has 3 rings (SSSR count). The molecule has 1 aromatic carbocycles. The third kappa shape index (κ3) is 3.01. The SMILES string of the molecule is O=C1CC(S)CN1C1CCCC1OCc1ccccc1. The van der Waals surface area contributed by atoms with E-state index in [-0.39, 0.29) is 23.3 Å². The Kier molecular flexibility index (Phi) is 4.32. The number of carbonyl (C=O) groups is 1. The lowest BCUT2D eigenvalue weighted by atomic mass is 10.2.